The average Bonchev–Trinajstić information content (AvgIpc) is 3.30. The number of hydrogen-bond donors (Lipinski definition) is 1. The van der Waals surface area contributed by atoms with Crippen molar-refractivity contribution in [3.05, 3.63) is 23.4 Å². The second-order valence-electron chi connectivity index (χ2n) is 6.02. The maximum Gasteiger partial charge on any atom is 0.128 e. The predicted octanol–water partition coefficient (Wildman–Crippen LogP) is 2.26. The Labute approximate surface area is 121 Å². The third kappa shape index (κ3) is 3.30. The smallest absolute Gasteiger partial charge is 0.128 e. The second kappa shape index (κ2) is 6.10. The van der Waals surface area contributed by atoms with Gasteiger partial charge in [0.25, 0.3) is 0 Å². The molecule has 3 rings (SSSR count). The van der Waals surface area contributed by atoms with E-state index in [9.17, 15) is 0 Å². The maximum absolute atomic E-state index is 5.43. The lowest BCUT2D eigenvalue weighted by Gasteiger charge is -2.32. The first-order chi connectivity index (χ1) is 9.74. The Balaban J connectivity index is 1.64. The zero-order chi connectivity index (χ0) is 13.9. The lowest BCUT2D eigenvalue weighted by atomic mass is 10.1. The van der Waals surface area contributed by atoms with Crippen molar-refractivity contribution in [2.75, 3.05) is 25.2 Å². The van der Waals surface area contributed by atoms with Crippen LogP contribution in [-0.4, -0.2) is 37.3 Å². The fourth-order valence-corrected chi connectivity index (χ4v) is 2.76. The summed E-state index contributed by atoms with van der Waals surface area (Å²) in [5.74, 6) is 1.09. The van der Waals surface area contributed by atoms with Gasteiger partial charge in [-0.25, -0.2) is 4.98 Å². The van der Waals surface area contributed by atoms with Crippen LogP contribution in [0.5, 0.6) is 0 Å². The largest absolute Gasteiger partial charge is 0.381 e. The molecule has 0 unspecified atom stereocenters. The number of nitrogens with one attached hydrogen (secondary N) is 1. The summed E-state index contributed by atoms with van der Waals surface area (Å²) in [7, 11) is 2.15. The summed E-state index contributed by atoms with van der Waals surface area (Å²) in [5.41, 5.74) is 2.47. The van der Waals surface area contributed by atoms with Gasteiger partial charge in [0, 0.05) is 44.6 Å². The molecular weight excluding hydrogens is 250 g/mol. The van der Waals surface area contributed by atoms with E-state index < -0.39 is 0 Å². The molecule has 0 aromatic carbocycles. The fraction of sp³-hybridized carbons (Fsp3) is 0.688. The molecule has 1 saturated carbocycles. The Morgan fingerprint density at radius 1 is 1.25 bits per heavy atom. The first-order valence-corrected chi connectivity index (χ1v) is 7.74. The number of aryl methyl sites for hydroxylation is 1. The monoisotopic (exact) mass is 275 g/mol. The summed E-state index contributed by atoms with van der Waals surface area (Å²) < 4.78 is 5.43. The predicted molar refractivity (Wildman–Crippen MR) is 81.1 cm³/mol. The van der Waals surface area contributed by atoms with Gasteiger partial charge in [-0.15, -0.1) is 0 Å². The van der Waals surface area contributed by atoms with Gasteiger partial charge in [-0.3, -0.25) is 0 Å². The quantitative estimate of drug-likeness (QED) is 0.894. The van der Waals surface area contributed by atoms with Gasteiger partial charge >= 0.3 is 0 Å². The summed E-state index contributed by atoms with van der Waals surface area (Å²) in [6.45, 7) is 4.81. The molecule has 1 aliphatic carbocycles. The summed E-state index contributed by atoms with van der Waals surface area (Å²) in [5, 5.41) is 3.56. The van der Waals surface area contributed by atoms with Crippen molar-refractivity contribution < 1.29 is 4.74 Å². The Bertz CT molecular complexity index is 453. The van der Waals surface area contributed by atoms with Crippen LogP contribution in [0, 0.1) is 6.92 Å². The topological polar surface area (TPSA) is 37.4 Å². The molecule has 1 aromatic rings. The SMILES string of the molecule is Cc1nc(N(C)C2CCOCC2)ccc1CNC1CC1. The van der Waals surface area contributed by atoms with E-state index in [4.69, 9.17) is 9.72 Å². The number of rotatable bonds is 5. The Kier molecular flexibility index (Phi) is 4.22. The van der Waals surface area contributed by atoms with Gasteiger partial charge in [0.2, 0.25) is 0 Å². The first kappa shape index (κ1) is 13.8. The third-order valence-corrected chi connectivity index (χ3v) is 4.44. The van der Waals surface area contributed by atoms with Crippen molar-refractivity contribution in [2.45, 2.75) is 51.2 Å². The highest BCUT2D eigenvalue weighted by Crippen LogP contribution is 2.22. The van der Waals surface area contributed by atoms with Crippen LogP contribution < -0.4 is 10.2 Å². The molecule has 4 nitrogen and oxygen atoms in total. The van der Waals surface area contributed by atoms with E-state index in [2.05, 4.69) is 36.3 Å². The number of nitrogens with zero attached hydrogens (tertiary/aromatic N) is 2. The standard InChI is InChI=1S/C16H25N3O/c1-12-13(11-17-14-4-5-14)3-6-16(18-12)19(2)15-7-9-20-10-8-15/h3,6,14-15,17H,4-5,7-11H2,1-2H3. The molecule has 20 heavy (non-hydrogen) atoms. The van der Waals surface area contributed by atoms with Gasteiger partial charge in [0.1, 0.15) is 5.82 Å². The normalized spacial score (nSPS) is 20.1. The zero-order valence-corrected chi connectivity index (χ0v) is 12.6. The van der Waals surface area contributed by atoms with E-state index in [0.29, 0.717) is 6.04 Å². The van der Waals surface area contributed by atoms with Crippen LogP contribution >= 0.6 is 0 Å². The van der Waals surface area contributed by atoms with Gasteiger partial charge in [-0.1, -0.05) is 6.07 Å². The molecule has 1 N–H and O–H groups in total. The van der Waals surface area contributed by atoms with Crippen molar-refractivity contribution in [1.29, 1.82) is 0 Å². The highest BCUT2D eigenvalue weighted by atomic mass is 16.5. The van der Waals surface area contributed by atoms with E-state index in [-0.39, 0.29) is 0 Å². The summed E-state index contributed by atoms with van der Waals surface area (Å²) in [6, 6.07) is 5.69. The number of aromatic nitrogens is 1. The molecule has 1 aromatic heterocycles. The molecule has 4 heteroatoms. The van der Waals surface area contributed by atoms with Gasteiger partial charge in [-0.2, -0.15) is 0 Å². The third-order valence-electron chi connectivity index (χ3n) is 4.44. The minimum Gasteiger partial charge on any atom is -0.381 e. The van der Waals surface area contributed by atoms with Crippen LogP contribution in [0.1, 0.15) is 36.9 Å². The minimum atomic E-state index is 0.561. The molecule has 2 heterocycles. The summed E-state index contributed by atoms with van der Waals surface area (Å²) >= 11 is 0. The van der Waals surface area contributed by atoms with Gasteiger partial charge < -0.3 is 15.0 Å². The van der Waals surface area contributed by atoms with Gasteiger partial charge in [0.15, 0.2) is 0 Å². The van der Waals surface area contributed by atoms with Crippen molar-refractivity contribution in [3.8, 4) is 0 Å². The minimum absolute atomic E-state index is 0.561. The molecule has 1 saturated heterocycles. The molecular formula is C16H25N3O. The van der Waals surface area contributed by atoms with Gasteiger partial charge in [0.05, 0.1) is 0 Å². The molecule has 1 aliphatic heterocycles. The molecule has 110 valence electrons. The number of anilines is 1. The average molecular weight is 275 g/mol. The van der Waals surface area contributed by atoms with E-state index in [1.54, 1.807) is 0 Å². The van der Waals surface area contributed by atoms with E-state index in [1.165, 1.54) is 18.4 Å². The Hall–Kier alpha value is -1.13. The molecule has 0 amide bonds. The highest BCUT2D eigenvalue weighted by Gasteiger charge is 2.21. The molecule has 0 spiro atoms. The molecule has 2 aliphatic rings. The number of ether oxygens (including phenoxy) is 1. The van der Waals surface area contributed by atoms with E-state index in [0.717, 1.165) is 50.2 Å². The van der Waals surface area contributed by atoms with Crippen molar-refractivity contribution >= 4 is 5.82 Å². The van der Waals surface area contributed by atoms with Gasteiger partial charge in [-0.05, 0) is 44.2 Å². The highest BCUT2D eigenvalue weighted by molar-refractivity contribution is 5.42. The summed E-state index contributed by atoms with van der Waals surface area (Å²) in [4.78, 5) is 7.10. The van der Waals surface area contributed by atoms with Crippen LogP contribution in [0.3, 0.4) is 0 Å². The second-order valence-corrected chi connectivity index (χ2v) is 6.02. The van der Waals surface area contributed by atoms with Crippen LogP contribution in [0.15, 0.2) is 12.1 Å². The lowest BCUT2D eigenvalue weighted by Crippen LogP contribution is -2.37. The van der Waals surface area contributed by atoms with Crippen LogP contribution in [0.4, 0.5) is 5.82 Å². The number of hydrogen-bond acceptors (Lipinski definition) is 4. The van der Waals surface area contributed by atoms with Crippen molar-refractivity contribution in [2.24, 2.45) is 0 Å². The maximum atomic E-state index is 5.43. The lowest BCUT2D eigenvalue weighted by molar-refractivity contribution is 0.0853. The Morgan fingerprint density at radius 2 is 2.00 bits per heavy atom. The molecule has 2 fully saturated rings. The molecule has 0 atom stereocenters. The fourth-order valence-electron chi connectivity index (χ4n) is 2.76. The first-order valence-electron chi connectivity index (χ1n) is 7.74. The van der Waals surface area contributed by atoms with Crippen LogP contribution in [-0.2, 0) is 11.3 Å². The van der Waals surface area contributed by atoms with Crippen molar-refractivity contribution in [1.82, 2.24) is 10.3 Å². The van der Waals surface area contributed by atoms with E-state index in [1.807, 2.05) is 0 Å². The number of pyridine rings is 1. The van der Waals surface area contributed by atoms with Crippen molar-refractivity contribution in [3.63, 3.8) is 0 Å². The van der Waals surface area contributed by atoms with Crippen LogP contribution in [0.2, 0.25) is 0 Å². The molecule has 0 bridgehead atoms. The summed E-state index contributed by atoms with van der Waals surface area (Å²) in [6.07, 6.45) is 4.86. The van der Waals surface area contributed by atoms with Crippen LogP contribution in [0.25, 0.3) is 0 Å². The zero-order valence-electron chi connectivity index (χ0n) is 12.6. The molecule has 0 radical (unpaired) electrons. The Morgan fingerprint density at radius 3 is 2.65 bits per heavy atom. The van der Waals surface area contributed by atoms with E-state index >= 15 is 0 Å².